The first-order valence-corrected chi connectivity index (χ1v) is 11.5. The van der Waals surface area contributed by atoms with Crippen molar-refractivity contribution in [1.82, 2.24) is 24.4 Å². The van der Waals surface area contributed by atoms with Crippen LogP contribution in [0.1, 0.15) is 5.82 Å². The predicted octanol–water partition coefficient (Wildman–Crippen LogP) is 0.439. The Morgan fingerprint density at radius 2 is 1.68 bits per heavy atom. The lowest BCUT2D eigenvalue weighted by Gasteiger charge is -2.36. The topological polar surface area (TPSA) is 109 Å². The highest BCUT2D eigenvalue weighted by Crippen LogP contribution is 2.26. The predicted molar refractivity (Wildman–Crippen MR) is 126 cm³/mol. The molecule has 1 amide bonds. The maximum absolute atomic E-state index is 12.2. The van der Waals surface area contributed by atoms with E-state index in [0.717, 1.165) is 35.8 Å². The van der Waals surface area contributed by atoms with Crippen LogP contribution in [0.4, 0.5) is 11.6 Å². The number of hydrogen-bond donors (Lipinski definition) is 1. The molecule has 0 atom stereocenters. The number of aromatic nitrogens is 4. The van der Waals surface area contributed by atoms with Gasteiger partial charge in [0, 0.05) is 52.4 Å². The normalized spacial score (nSPS) is 16.9. The molecule has 1 N–H and O–H groups in total. The Balaban J connectivity index is 1.52. The van der Waals surface area contributed by atoms with Crippen molar-refractivity contribution in [3.63, 3.8) is 0 Å². The lowest BCUT2D eigenvalue weighted by molar-refractivity contribution is -0.135. The molecule has 0 radical (unpaired) electrons. The molecule has 2 fully saturated rings. The summed E-state index contributed by atoms with van der Waals surface area (Å²) in [5.41, 5.74) is 1.62. The van der Waals surface area contributed by atoms with Crippen molar-refractivity contribution >= 4 is 28.6 Å². The average Bonchev–Trinajstić information content (AvgIpc) is 3.28. The molecule has 2 aliphatic heterocycles. The molecule has 2 aliphatic rings. The van der Waals surface area contributed by atoms with Crippen LogP contribution in [0.15, 0.2) is 30.3 Å². The Kier molecular flexibility index (Phi) is 6.57. The van der Waals surface area contributed by atoms with Crippen molar-refractivity contribution < 1.29 is 19.4 Å². The highest BCUT2D eigenvalue weighted by atomic mass is 16.5. The van der Waals surface area contributed by atoms with Crippen LogP contribution in [0, 0.1) is 0 Å². The van der Waals surface area contributed by atoms with E-state index in [1.54, 1.807) is 0 Å². The summed E-state index contributed by atoms with van der Waals surface area (Å²) in [4.78, 5) is 32.7. The van der Waals surface area contributed by atoms with Gasteiger partial charge in [0.25, 0.3) is 0 Å². The molecule has 0 spiro atoms. The third-order valence-corrected chi connectivity index (χ3v) is 6.22. The lowest BCUT2D eigenvalue weighted by Crippen LogP contribution is -2.50. The number of hydrogen-bond acceptors (Lipinski definition) is 9. The number of benzene rings is 1. The molecule has 0 bridgehead atoms. The number of ether oxygens (including phenoxy) is 2. The molecule has 0 saturated carbocycles. The minimum Gasteiger partial charge on any atom is -0.388 e. The summed E-state index contributed by atoms with van der Waals surface area (Å²) in [6, 6.07) is 9.71. The van der Waals surface area contributed by atoms with Crippen LogP contribution in [0.25, 0.3) is 17.0 Å². The number of piperazine rings is 1. The third-order valence-electron chi connectivity index (χ3n) is 6.22. The second kappa shape index (κ2) is 9.92. The maximum atomic E-state index is 12.2. The molecule has 2 saturated heterocycles. The Labute approximate surface area is 197 Å². The van der Waals surface area contributed by atoms with Crippen LogP contribution in [-0.2, 0) is 20.9 Å². The summed E-state index contributed by atoms with van der Waals surface area (Å²) in [6.07, 6.45) is 0. The summed E-state index contributed by atoms with van der Waals surface area (Å²) >= 11 is 0. The SMILES string of the molecule is COCC(=O)N1CCN(c2cc(N3CCOCC3)nc(-n3c(CO)nc4ccccc43)n2)CC1. The summed E-state index contributed by atoms with van der Waals surface area (Å²) in [5, 5.41) is 10.0. The molecule has 34 heavy (non-hydrogen) atoms. The van der Waals surface area contributed by atoms with Crippen molar-refractivity contribution in [3.8, 4) is 5.95 Å². The number of morpholine rings is 1. The van der Waals surface area contributed by atoms with E-state index in [4.69, 9.17) is 19.4 Å². The number of methoxy groups -OCH3 is 1. The minimum atomic E-state index is -0.227. The van der Waals surface area contributed by atoms with Crippen molar-refractivity contribution in [1.29, 1.82) is 0 Å². The molecular weight excluding hydrogens is 438 g/mol. The maximum Gasteiger partial charge on any atom is 0.248 e. The van der Waals surface area contributed by atoms with Crippen LogP contribution in [0.5, 0.6) is 0 Å². The third kappa shape index (κ3) is 4.41. The van der Waals surface area contributed by atoms with Gasteiger partial charge >= 0.3 is 0 Å². The fourth-order valence-corrected chi connectivity index (χ4v) is 4.43. The number of para-hydroxylation sites is 2. The summed E-state index contributed by atoms with van der Waals surface area (Å²) in [6.45, 7) is 5.16. The fraction of sp³-hybridized carbons (Fsp3) is 0.478. The van der Waals surface area contributed by atoms with Gasteiger partial charge in [0.15, 0.2) is 0 Å². The minimum absolute atomic E-state index is 0.00277. The van der Waals surface area contributed by atoms with E-state index in [1.165, 1.54) is 7.11 Å². The van der Waals surface area contributed by atoms with Crippen molar-refractivity contribution in [2.24, 2.45) is 0 Å². The van der Waals surface area contributed by atoms with Crippen LogP contribution in [0.2, 0.25) is 0 Å². The number of aliphatic hydroxyl groups is 1. The molecule has 1 aromatic carbocycles. The van der Waals surface area contributed by atoms with E-state index in [9.17, 15) is 9.90 Å². The molecule has 11 nitrogen and oxygen atoms in total. The smallest absolute Gasteiger partial charge is 0.248 e. The van der Waals surface area contributed by atoms with E-state index < -0.39 is 0 Å². The zero-order valence-corrected chi connectivity index (χ0v) is 19.3. The number of carbonyl (C=O) groups is 1. The number of amides is 1. The van der Waals surface area contributed by atoms with E-state index >= 15 is 0 Å². The molecule has 4 heterocycles. The zero-order chi connectivity index (χ0) is 23.5. The highest BCUT2D eigenvalue weighted by molar-refractivity contribution is 5.78. The van der Waals surface area contributed by atoms with Gasteiger partial charge in [-0.15, -0.1) is 0 Å². The standard InChI is InChI=1S/C23H29N7O4/c1-33-16-22(32)29-8-6-27(7-9-29)19-14-20(28-10-12-34-13-11-28)26-23(25-19)30-18-5-3-2-4-17(18)24-21(30)15-31/h2-5,14,31H,6-13,15-16H2,1H3. The van der Waals surface area contributed by atoms with E-state index in [2.05, 4.69) is 14.8 Å². The largest absolute Gasteiger partial charge is 0.388 e. The van der Waals surface area contributed by atoms with Gasteiger partial charge in [-0.3, -0.25) is 9.36 Å². The second-order valence-electron chi connectivity index (χ2n) is 8.29. The van der Waals surface area contributed by atoms with Gasteiger partial charge in [0.05, 0.1) is 24.2 Å². The van der Waals surface area contributed by atoms with Gasteiger partial charge in [0.1, 0.15) is 30.7 Å². The molecule has 11 heteroatoms. The van der Waals surface area contributed by atoms with Crippen LogP contribution in [0.3, 0.4) is 0 Å². The van der Waals surface area contributed by atoms with Gasteiger partial charge in [-0.05, 0) is 12.1 Å². The number of fused-ring (bicyclic) bond motifs is 1. The summed E-state index contributed by atoms with van der Waals surface area (Å²) in [7, 11) is 1.53. The monoisotopic (exact) mass is 467 g/mol. The highest BCUT2D eigenvalue weighted by Gasteiger charge is 2.25. The van der Waals surface area contributed by atoms with Crippen molar-refractivity contribution in [2.45, 2.75) is 6.61 Å². The Morgan fingerprint density at radius 1 is 1.00 bits per heavy atom. The van der Waals surface area contributed by atoms with Gasteiger partial charge in [0.2, 0.25) is 11.9 Å². The molecule has 0 aliphatic carbocycles. The van der Waals surface area contributed by atoms with Crippen LogP contribution >= 0.6 is 0 Å². The van der Waals surface area contributed by atoms with E-state index in [1.807, 2.05) is 39.8 Å². The van der Waals surface area contributed by atoms with Gasteiger partial charge in [-0.2, -0.15) is 9.97 Å². The first-order valence-electron chi connectivity index (χ1n) is 11.5. The molecular formula is C23H29N7O4. The number of anilines is 2. The molecule has 2 aromatic heterocycles. The number of aliphatic hydroxyl groups excluding tert-OH is 1. The first kappa shape index (κ1) is 22.5. The van der Waals surface area contributed by atoms with Gasteiger partial charge < -0.3 is 29.3 Å². The number of nitrogens with zero attached hydrogens (tertiary/aromatic N) is 7. The quantitative estimate of drug-likeness (QED) is 0.552. The van der Waals surface area contributed by atoms with E-state index in [-0.39, 0.29) is 19.1 Å². The number of imidazole rings is 1. The van der Waals surface area contributed by atoms with E-state index in [0.29, 0.717) is 51.2 Å². The average molecular weight is 468 g/mol. The molecule has 0 unspecified atom stereocenters. The van der Waals surface area contributed by atoms with Gasteiger partial charge in [-0.1, -0.05) is 12.1 Å². The second-order valence-corrected chi connectivity index (χ2v) is 8.29. The van der Waals surface area contributed by atoms with Crippen molar-refractivity contribution in [2.75, 3.05) is 76.0 Å². The van der Waals surface area contributed by atoms with Gasteiger partial charge in [-0.25, -0.2) is 4.98 Å². The number of rotatable bonds is 6. The summed E-state index contributed by atoms with van der Waals surface area (Å²) < 4.78 is 12.3. The number of carbonyl (C=O) groups excluding carboxylic acids is 1. The fourth-order valence-electron chi connectivity index (χ4n) is 4.43. The lowest BCUT2D eigenvalue weighted by atomic mass is 10.3. The zero-order valence-electron chi connectivity index (χ0n) is 19.3. The Morgan fingerprint density at radius 3 is 2.35 bits per heavy atom. The van der Waals surface area contributed by atoms with Crippen LogP contribution < -0.4 is 9.80 Å². The summed E-state index contributed by atoms with van der Waals surface area (Å²) in [5.74, 6) is 2.54. The molecule has 180 valence electrons. The molecule has 5 rings (SSSR count). The van der Waals surface area contributed by atoms with Crippen LogP contribution in [-0.4, -0.2) is 102 Å². The Bertz CT molecular complexity index is 1150. The Hall–Kier alpha value is -3.28. The van der Waals surface area contributed by atoms with Crippen molar-refractivity contribution in [3.05, 3.63) is 36.2 Å². The molecule has 3 aromatic rings. The first-order chi connectivity index (χ1) is 16.7.